The Kier molecular flexibility index (Phi) is 6.39. The van der Waals surface area contributed by atoms with Crippen molar-refractivity contribution in [3.8, 4) is 56.4 Å². The number of methoxy groups -OCH3 is 4. The van der Waals surface area contributed by atoms with E-state index >= 15 is 0 Å². The number of rotatable bonds is 7. The fourth-order valence-electron chi connectivity index (χ4n) is 5.96. The van der Waals surface area contributed by atoms with Gasteiger partial charge in [0.25, 0.3) is 0 Å². The zero-order valence-corrected chi connectivity index (χ0v) is 23.6. The van der Waals surface area contributed by atoms with Crippen molar-refractivity contribution in [2.45, 2.75) is 13.8 Å². The normalized spacial score (nSPS) is 11.2. The molecule has 0 aliphatic carbocycles. The molecule has 0 aliphatic heterocycles. The number of fused-ring (bicyclic) bond motifs is 2. The molecule has 0 saturated carbocycles. The molecular formula is C34H32N2O4. The molecule has 0 amide bonds. The van der Waals surface area contributed by atoms with E-state index in [1.807, 2.05) is 48.5 Å². The number of H-pyrrole nitrogens is 2. The molecule has 0 radical (unpaired) electrons. The van der Waals surface area contributed by atoms with Gasteiger partial charge in [0.15, 0.2) is 0 Å². The molecule has 40 heavy (non-hydrogen) atoms. The van der Waals surface area contributed by atoms with Gasteiger partial charge in [-0.1, -0.05) is 60.7 Å². The van der Waals surface area contributed by atoms with Gasteiger partial charge in [0.05, 0.1) is 61.4 Å². The third-order valence-corrected chi connectivity index (χ3v) is 7.64. The van der Waals surface area contributed by atoms with Crippen molar-refractivity contribution >= 4 is 21.8 Å². The van der Waals surface area contributed by atoms with Gasteiger partial charge in [0.1, 0.15) is 23.0 Å². The molecule has 202 valence electrons. The van der Waals surface area contributed by atoms with Crippen LogP contribution in [0.3, 0.4) is 0 Å². The van der Waals surface area contributed by atoms with Crippen LogP contribution in [0.2, 0.25) is 0 Å². The second-order valence-corrected chi connectivity index (χ2v) is 9.79. The highest BCUT2D eigenvalue weighted by atomic mass is 16.5. The predicted molar refractivity (Wildman–Crippen MR) is 162 cm³/mol. The molecule has 2 aromatic heterocycles. The lowest BCUT2D eigenvalue weighted by molar-refractivity contribution is 0.395. The molecule has 4 aromatic carbocycles. The highest BCUT2D eigenvalue weighted by Gasteiger charge is 2.28. The summed E-state index contributed by atoms with van der Waals surface area (Å²) in [5, 5.41) is 1.97. The maximum absolute atomic E-state index is 6.03. The van der Waals surface area contributed by atoms with Crippen LogP contribution < -0.4 is 18.9 Å². The lowest BCUT2D eigenvalue weighted by Crippen LogP contribution is -1.97. The predicted octanol–water partition coefficient (Wildman–Crippen LogP) is 8.30. The molecule has 6 nitrogen and oxygen atoms in total. The third kappa shape index (κ3) is 3.79. The molecule has 0 unspecified atom stereocenters. The molecule has 6 heteroatoms. The van der Waals surface area contributed by atoms with E-state index in [1.165, 1.54) is 0 Å². The smallest absolute Gasteiger partial charge is 0.132 e. The van der Waals surface area contributed by atoms with Crippen LogP contribution in [0.1, 0.15) is 11.4 Å². The zero-order chi connectivity index (χ0) is 28.0. The van der Waals surface area contributed by atoms with Crippen LogP contribution in [0.5, 0.6) is 23.0 Å². The Labute approximate surface area is 233 Å². The molecular weight excluding hydrogens is 500 g/mol. The van der Waals surface area contributed by atoms with E-state index in [9.17, 15) is 0 Å². The highest BCUT2D eigenvalue weighted by Crippen LogP contribution is 2.53. The zero-order valence-electron chi connectivity index (χ0n) is 23.6. The summed E-state index contributed by atoms with van der Waals surface area (Å²) in [7, 11) is 6.75. The van der Waals surface area contributed by atoms with E-state index in [0.29, 0.717) is 11.5 Å². The monoisotopic (exact) mass is 532 g/mol. The summed E-state index contributed by atoms with van der Waals surface area (Å²) in [6.07, 6.45) is 0. The van der Waals surface area contributed by atoms with Gasteiger partial charge in [0, 0.05) is 34.6 Å². The number of ether oxygens (including phenoxy) is 4. The van der Waals surface area contributed by atoms with Gasteiger partial charge >= 0.3 is 0 Å². The fourth-order valence-corrected chi connectivity index (χ4v) is 5.96. The van der Waals surface area contributed by atoms with Gasteiger partial charge in [-0.3, -0.25) is 0 Å². The molecule has 2 N–H and O–H groups in total. The van der Waals surface area contributed by atoms with Gasteiger partial charge in [-0.05, 0) is 25.0 Å². The second-order valence-electron chi connectivity index (χ2n) is 9.79. The number of benzene rings is 4. The summed E-state index contributed by atoms with van der Waals surface area (Å²) in [5.41, 5.74) is 10.0. The van der Waals surface area contributed by atoms with Crippen molar-refractivity contribution in [2.75, 3.05) is 28.4 Å². The quantitative estimate of drug-likeness (QED) is 0.217. The van der Waals surface area contributed by atoms with Crippen molar-refractivity contribution in [1.29, 1.82) is 0 Å². The minimum Gasteiger partial charge on any atom is -0.496 e. The van der Waals surface area contributed by atoms with Crippen LogP contribution in [-0.2, 0) is 0 Å². The fraction of sp³-hybridized carbons (Fsp3) is 0.176. The second kappa shape index (κ2) is 10.0. The third-order valence-electron chi connectivity index (χ3n) is 7.64. The maximum atomic E-state index is 6.03. The standard InChI is InChI=1S/C34H32N2O4/c1-19-27(21-13-9-7-10-14-21)29-23(37-3)17-25(39-5)31(33(29)35-19)32-26(40-6)18-24(38-4)30-28(20(2)36-34(30)32)22-15-11-8-12-16-22/h7-18,35-36H,1-6H3. The Morgan fingerprint density at radius 2 is 0.800 bits per heavy atom. The molecule has 6 aromatic rings. The summed E-state index contributed by atoms with van der Waals surface area (Å²) in [4.78, 5) is 7.36. The first-order valence-electron chi connectivity index (χ1n) is 13.2. The Morgan fingerprint density at radius 1 is 0.450 bits per heavy atom. The van der Waals surface area contributed by atoms with Gasteiger partial charge in [-0.2, -0.15) is 0 Å². The SMILES string of the molecule is COc1cc(OC)c2c(-c3ccccc3)c(C)[nH]c2c1-c1c(OC)cc(OC)c2c(-c3ccccc3)c(C)[nH]c12. The molecule has 0 atom stereocenters. The Hall–Kier alpha value is -4.84. The minimum atomic E-state index is 0.670. The highest BCUT2D eigenvalue weighted by molar-refractivity contribution is 6.17. The number of aryl methyl sites for hydroxylation is 2. The summed E-state index contributed by atoms with van der Waals surface area (Å²) in [5.74, 6) is 2.80. The lowest BCUT2D eigenvalue weighted by Gasteiger charge is -2.18. The topological polar surface area (TPSA) is 68.5 Å². The molecule has 0 aliphatic rings. The Bertz CT molecular complexity index is 1710. The van der Waals surface area contributed by atoms with Gasteiger partial charge in [0.2, 0.25) is 0 Å². The first-order chi connectivity index (χ1) is 19.5. The van der Waals surface area contributed by atoms with Crippen molar-refractivity contribution in [3.05, 3.63) is 84.2 Å². The number of aromatic nitrogens is 2. The number of aromatic amines is 2. The van der Waals surface area contributed by atoms with Crippen LogP contribution in [0.25, 0.3) is 55.2 Å². The minimum absolute atomic E-state index is 0.670. The summed E-state index contributed by atoms with van der Waals surface area (Å²) >= 11 is 0. The van der Waals surface area contributed by atoms with Crippen molar-refractivity contribution < 1.29 is 18.9 Å². The van der Waals surface area contributed by atoms with Crippen LogP contribution >= 0.6 is 0 Å². The first kappa shape index (κ1) is 25.4. The van der Waals surface area contributed by atoms with Gasteiger partial charge in [-0.25, -0.2) is 0 Å². The molecule has 0 fully saturated rings. The average Bonchev–Trinajstić information content (AvgIpc) is 3.52. The van der Waals surface area contributed by atoms with E-state index in [2.05, 4.69) is 48.1 Å². The Morgan fingerprint density at radius 3 is 1.12 bits per heavy atom. The largest absolute Gasteiger partial charge is 0.496 e. The van der Waals surface area contributed by atoms with Crippen LogP contribution in [0.15, 0.2) is 72.8 Å². The van der Waals surface area contributed by atoms with Crippen LogP contribution in [0.4, 0.5) is 0 Å². The Balaban J connectivity index is 1.79. The van der Waals surface area contributed by atoms with E-state index < -0.39 is 0 Å². The van der Waals surface area contributed by atoms with Crippen LogP contribution in [0, 0.1) is 13.8 Å². The molecule has 0 spiro atoms. The summed E-state index contributed by atoms with van der Waals surface area (Å²) in [6, 6.07) is 24.6. The van der Waals surface area contributed by atoms with E-state index in [4.69, 9.17) is 18.9 Å². The number of nitrogens with one attached hydrogen (secondary N) is 2. The van der Waals surface area contributed by atoms with Crippen LogP contribution in [-0.4, -0.2) is 38.4 Å². The molecule has 2 heterocycles. The van der Waals surface area contributed by atoms with E-state index in [1.54, 1.807) is 28.4 Å². The average molecular weight is 533 g/mol. The van der Waals surface area contributed by atoms with E-state index in [0.717, 1.165) is 78.1 Å². The first-order valence-corrected chi connectivity index (χ1v) is 13.2. The number of hydrogen-bond acceptors (Lipinski definition) is 4. The van der Waals surface area contributed by atoms with Gasteiger partial charge < -0.3 is 28.9 Å². The summed E-state index contributed by atoms with van der Waals surface area (Å²) in [6.45, 7) is 4.18. The summed E-state index contributed by atoms with van der Waals surface area (Å²) < 4.78 is 23.9. The van der Waals surface area contributed by atoms with Crippen molar-refractivity contribution in [1.82, 2.24) is 9.97 Å². The lowest BCUT2D eigenvalue weighted by atomic mass is 9.93. The molecule has 0 saturated heterocycles. The molecule has 0 bridgehead atoms. The van der Waals surface area contributed by atoms with Crippen molar-refractivity contribution in [2.24, 2.45) is 0 Å². The van der Waals surface area contributed by atoms with Gasteiger partial charge in [-0.15, -0.1) is 0 Å². The number of hydrogen-bond donors (Lipinski definition) is 2. The molecule has 6 rings (SSSR count). The maximum Gasteiger partial charge on any atom is 0.132 e. The van der Waals surface area contributed by atoms with Crippen molar-refractivity contribution in [3.63, 3.8) is 0 Å². The van der Waals surface area contributed by atoms with E-state index in [-0.39, 0.29) is 0 Å².